The van der Waals surface area contributed by atoms with Crippen molar-refractivity contribution >= 4 is 44.0 Å². The number of rotatable bonds is 3. The first kappa shape index (κ1) is 15.2. The van der Waals surface area contributed by atoms with Gasteiger partial charge in [-0.05, 0) is 34.1 Å². The summed E-state index contributed by atoms with van der Waals surface area (Å²) in [6, 6.07) is 6.34. The molecule has 0 fully saturated rings. The van der Waals surface area contributed by atoms with Crippen LogP contribution in [0.2, 0.25) is 0 Å². The second kappa shape index (κ2) is 5.84. The van der Waals surface area contributed by atoms with E-state index in [0.717, 1.165) is 12.1 Å². The van der Waals surface area contributed by atoms with Crippen molar-refractivity contribution in [1.29, 1.82) is 0 Å². The van der Waals surface area contributed by atoms with Crippen molar-refractivity contribution in [2.24, 2.45) is 0 Å². The van der Waals surface area contributed by atoms with Crippen molar-refractivity contribution in [1.82, 2.24) is 9.97 Å². The third-order valence-electron chi connectivity index (χ3n) is 3.08. The molecule has 0 radical (unpaired) electrons. The number of halogens is 3. The lowest BCUT2D eigenvalue weighted by Crippen LogP contribution is -1.99. The summed E-state index contributed by atoms with van der Waals surface area (Å²) in [5.41, 5.74) is -0.0989. The summed E-state index contributed by atoms with van der Waals surface area (Å²) in [6.45, 7) is 0. The summed E-state index contributed by atoms with van der Waals surface area (Å²) < 4.78 is 27.5. The van der Waals surface area contributed by atoms with Crippen LogP contribution >= 0.6 is 15.9 Å². The van der Waals surface area contributed by atoms with Crippen molar-refractivity contribution in [3.63, 3.8) is 0 Å². The van der Waals surface area contributed by atoms with E-state index < -0.39 is 22.2 Å². The van der Waals surface area contributed by atoms with Gasteiger partial charge in [0.15, 0.2) is 0 Å². The molecule has 0 spiro atoms. The van der Waals surface area contributed by atoms with Crippen LogP contribution in [-0.2, 0) is 0 Å². The Balaban J connectivity index is 2.11. The molecule has 1 N–H and O–H groups in total. The summed E-state index contributed by atoms with van der Waals surface area (Å²) in [6.07, 6.45) is 1.19. The number of hydrogen-bond acceptors (Lipinski definition) is 5. The van der Waals surface area contributed by atoms with E-state index in [-0.39, 0.29) is 16.7 Å². The molecule has 1 heterocycles. The zero-order chi connectivity index (χ0) is 16.6. The first-order valence-electron chi connectivity index (χ1n) is 6.26. The lowest BCUT2D eigenvalue weighted by molar-refractivity contribution is -0.387. The highest BCUT2D eigenvalue weighted by molar-refractivity contribution is 9.10. The Morgan fingerprint density at radius 2 is 1.91 bits per heavy atom. The second-order valence-corrected chi connectivity index (χ2v) is 5.41. The lowest BCUT2D eigenvalue weighted by Gasteiger charge is -2.09. The van der Waals surface area contributed by atoms with Gasteiger partial charge in [0.1, 0.15) is 18.0 Å². The second-order valence-electron chi connectivity index (χ2n) is 4.55. The van der Waals surface area contributed by atoms with Gasteiger partial charge in [-0.3, -0.25) is 10.1 Å². The van der Waals surface area contributed by atoms with Crippen molar-refractivity contribution in [3.8, 4) is 0 Å². The van der Waals surface area contributed by atoms with Crippen LogP contribution in [0.25, 0.3) is 10.9 Å². The van der Waals surface area contributed by atoms with Crippen LogP contribution in [0.5, 0.6) is 0 Å². The largest absolute Gasteiger partial charge is 0.340 e. The summed E-state index contributed by atoms with van der Waals surface area (Å²) in [7, 11) is 0. The average molecular weight is 381 g/mol. The van der Waals surface area contributed by atoms with Gasteiger partial charge in [-0.25, -0.2) is 14.4 Å². The molecule has 0 unspecified atom stereocenters. The maximum atomic E-state index is 13.6. The molecule has 0 aliphatic heterocycles. The molecule has 1 aromatic heterocycles. The number of anilines is 2. The normalized spacial score (nSPS) is 10.7. The molecule has 116 valence electrons. The number of nitro groups is 1. The molecule has 3 aromatic rings. The topological polar surface area (TPSA) is 81.0 Å². The Labute approximate surface area is 136 Å². The first-order chi connectivity index (χ1) is 11.0. The van der Waals surface area contributed by atoms with Crippen LogP contribution in [0.4, 0.5) is 26.0 Å². The van der Waals surface area contributed by atoms with E-state index in [1.165, 1.54) is 18.5 Å². The van der Waals surface area contributed by atoms with Crippen LogP contribution in [-0.4, -0.2) is 14.9 Å². The molecular weight excluding hydrogens is 374 g/mol. The van der Waals surface area contributed by atoms with E-state index in [1.54, 1.807) is 6.07 Å². The predicted molar refractivity (Wildman–Crippen MR) is 83.5 cm³/mol. The minimum absolute atomic E-state index is 0.197. The van der Waals surface area contributed by atoms with Gasteiger partial charge < -0.3 is 5.32 Å². The Morgan fingerprint density at radius 1 is 1.13 bits per heavy atom. The van der Waals surface area contributed by atoms with Gasteiger partial charge in [0, 0.05) is 17.8 Å². The monoisotopic (exact) mass is 380 g/mol. The maximum Gasteiger partial charge on any atom is 0.305 e. The smallest absolute Gasteiger partial charge is 0.305 e. The van der Waals surface area contributed by atoms with Crippen molar-refractivity contribution in [2.45, 2.75) is 0 Å². The molecular formula is C14H7BrF2N4O2. The van der Waals surface area contributed by atoms with E-state index >= 15 is 0 Å². The van der Waals surface area contributed by atoms with E-state index in [9.17, 15) is 18.9 Å². The molecule has 3 rings (SSSR count). The highest BCUT2D eigenvalue weighted by atomic mass is 79.9. The number of fused-ring (bicyclic) bond motifs is 1. The fourth-order valence-electron chi connectivity index (χ4n) is 2.02. The molecule has 0 amide bonds. The van der Waals surface area contributed by atoms with Gasteiger partial charge in [-0.2, -0.15) is 4.39 Å². The van der Waals surface area contributed by atoms with Crippen LogP contribution in [0.3, 0.4) is 0 Å². The molecule has 0 atom stereocenters. The summed E-state index contributed by atoms with van der Waals surface area (Å²) in [5.74, 6) is -1.26. The third kappa shape index (κ3) is 2.95. The summed E-state index contributed by atoms with van der Waals surface area (Å²) in [5, 5.41) is 14.0. The van der Waals surface area contributed by atoms with Gasteiger partial charge >= 0.3 is 5.69 Å². The summed E-state index contributed by atoms with van der Waals surface area (Å²) in [4.78, 5) is 17.9. The zero-order valence-corrected chi connectivity index (χ0v) is 12.8. The molecule has 0 bridgehead atoms. The standard InChI is InChI=1S/C14H7BrF2N4O2/c15-9-2-1-7(3-10(9)16)20-14-8-4-13(21(22)23)11(17)5-12(8)18-6-19-14/h1-6H,(H,18,19,20). The Kier molecular flexibility index (Phi) is 3.87. The fourth-order valence-corrected chi connectivity index (χ4v) is 2.26. The molecule has 6 nitrogen and oxygen atoms in total. The van der Waals surface area contributed by atoms with Crippen molar-refractivity contribution < 1.29 is 13.7 Å². The fraction of sp³-hybridized carbons (Fsp3) is 0. The predicted octanol–water partition coefficient (Wildman–Crippen LogP) is 4.32. The summed E-state index contributed by atoms with van der Waals surface area (Å²) >= 11 is 3.04. The maximum absolute atomic E-state index is 13.6. The average Bonchev–Trinajstić information content (AvgIpc) is 2.50. The Bertz CT molecular complexity index is 936. The van der Waals surface area contributed by atoms with Gasteiger partial charge in [0.25, 0.3) is 0 Å². The van der Waals surface area contributed by atoms with Gasteiger partial charge in [-0.15, -0.1) is 0 Å². The number of nitro benzene ring substituents is 1. The molecule has 0 saturated carbocycles. The Hall–Kier alpha value is -2.68. The van der Waals surface area contributed by atoms with Crippen molar-refractivity contribution in [2.75, 3.05) is 5.32 Å². The number of hydrogen-bond donors (Lipinski definition) is 1. The van der Waals surface area contributed by atoms with Crippen LogP contribution in [0.15, 0.2) is 41.1 Å². The van der Waals surface area contributed by atoms with Crippen LogP contribution in [0, 0.1) is 21.7 Å². The lowest BCUT2D eigenvalue weighted by atomic mass is 10.2. The molecule has 9 heteroatoms. The number of benzene rings is 2. The zero-order valence-electron chi connectivity index (χ0n) is 11.3. The molecule has 23 heavy (non-hydrogen) atoms. The molecule has 2 aromatic carbocycles. The highest BCUT2D eigenvalue weighted by Gasteiger charge is 2.18. The highest BCUT2D eigenvalue weighted by Crippen LogP contribution is 2.29. The van der Waals surface area contributed by atoms with Gasteiger partial charge in [-0.1, -0.05) is 0 Å². The molecule has 0 aliphatic carbocycles. The van der Waals surface area contributed by atoms with E-state index in [0.29, 0.717) is 10.2 Å². The third-order valence-corrected chi connectivity index (χ3v) is 3.73. The SMILES string of the molecule is O=[N+]([O-])c1cc2c(Nc3ccc(Br)c(F)c3)ncnc2cc1F. The van der Waals surface area contributed by atoms with Crippen LogP contribution in [0.1, 0.15) is 0 Å². The van der Waals surface area contributed by atoms with Crippen LogP contribution < -0.4 is 5.32 Å². The van der Waals surface area contributed by atoms with Crippen molar-refractivity contribution in [3.05, 3.63) is 62.9 Å². The van der Waals surface area contributed by atoms with Gasteiger partial charge in [0.2, 0.25) is 5.82 Å². The van der Waals surface area contributed by atoms with E-state index in [2.05, 4.69) is 31.2 Å². The Morgan fingerprint density at radius 3 is 2.61 bits per heavy atom. The number of nitrogens with one attached hydrogen (secondary N) is 1. The molecule has 0 saturated heterocycles. The first-order valence-corrected chi connectivity index (χ1v) is 7.06. The van der Waals surface area contributed by atoms with Gasteiger partial charge in [0.05, 0.1) is 20.3 Å². The molecule has 0 aliphatic rings. The van der Waals surface area contributed by atoms with E-state index in [1.807, 2.05) is 0 Å². The number of aromatic nitrogens is 2. The quantitative estimate of drug-likeness (QED) is 0.540. The number of nitrogens with zero attached hydrogens (tertiary/aromatic N) is 3. The van der Waals surface area contributed by atoms with E-state index in [4.69, 9.17) is 0 Å². The minimum Gasteiger partial charge on any atom is -0.340 e. The minimum atomic E-state index is -0.984.